The number of aromatic amines is 1. The molecular formula is C14H17NO2. The number of nitrogens with one attached hydrogen (secondary N) is 1. The zero-order valence-corrected chi connectivity index (χ0v) is 10.4. The topological polar surface area (TPSA) is 53.1 Å². The van der Waals surface area contributed by atoms with Crippen molar-refractivity contribution in [3.8, 4) is 0 Å². The summed E-state index contributed by atoms with van der Waals surface area (Å²) in [6.45, 7) is 6.15. The summed E-state index contributed by atoms with van der Waals surface area (Å²) in [6, 6.07) is 4.27. The zero-order valence-electron chi connectivity index (χ0n) is 10.4. The predicted octanol–water partition coefficient (Wildman–Crippen LogP) is 3.11. The summed E-state index contributed by atoms with van der Waals surface area (Å²) in [7, 11) is 0. The molecule has 90 valence electrons. The van der Waals surface area contributed by atoms with Gasteiger partial charge >= 0.3 is 5.97 Å². The first-order valence-corrected chi connectivity index (χ1v) is 5.79. The maximum absolute atomic E-state index is 10.7. The Morgan fingerprint density at radius 1 is 1.29 bits per heavy atom. The van der Waals surface area contributed by atoms with Gasteiger partial charge in [-0.15, -0.1) is 0 Å². The predicted molar refractivity (Wildman–Crippen MR) is 68.5 cm³/mol. The van der Waals surface area contributed by atoms with Crippen LogP contribution in [0.5, 0.6) is 0 Å². The van der Waals surface area contributed by atoms with E-state index in [1.54, 1.807) is 0 Å². The van der Waals surface area contributed by atoms with Crippen molar-refractivity contribution < 1.29 is 9.90 Å². The molecule has 0 saturated heterocycles. The molecule has 0 aliphatic carbocycles. The van der Waals surface area contributed by atoms with Crippen LogP contribution in [-0.2, 0) is 11.2 Å². The van der Waals surface area contributed by atoms with E-state index in [0.717, 1.165) is 16.8 Å². The lowest BCUT2D eigenvalue weighted by Crippen LogP contribution is -1.98. The third-order valence-corrected chi connectivity index (χ3v) is 3.16. The van der Waals surface area contributed by atoms with Crippen LogP contribution in [0.2, 0.25) is 0 Å². The Kier molecular flexibility index (Phi) is 2.92. The summed E-state index contributed by atoms with van der Waals surface area (Å²) in [5.41, 5.74) is 5.77. The molecule has 0 amide bonds. The highest BCUT2D eigenvalue weighted by atomic mass is 16.4. The fraction of sp³-hybridized carbons (Fsp3) is 0.357. The fourth-order valence-corrected chi connectivity index (χ4v) is 2.39. The van der Waals surface area contributed by atoms with Gasteiger partial charge in [-0.3, -0.25) is 4.79 Å². The number of hydrogen-bond donors (Lipinski definition) is 2. The highest BCUT2D eigenvalue weighted by molar-refractivity contribution is 5.88. The minimum atomic E-state index is -0.747. The molecule has 0 fully saturated rings. The van der Waals surface area contributed by atoms with Crippen LogP contribution in [0.3, 0.4) is 0 Å². The number of carboxylic acids is 1. The Labute approximate surface area is 100 Å². The molecule has 0 aliphatic rings. The Hall–Kier alpha value is -1.77. The number of aryl methyl sites for hydroxylation is 4. The van der Waals surface area contributed by atoms with Gasteiger partial charge in [-0.05, 0) is 44.4 Å². The van der Waals surface area contributed by atoms with Gasteiger partial charge in [0.2, 0.25) is 0 Å². The maximum atomic E-state index is 10.7. The first-order chi connectivity index (χ1) is 7.99. The van der Waals surface area contributed by atoms with E-state index in [1.807, 2.05) is 6.92 Å². The third kappa shape index (κ3) is 2.18. The normalized spacial score (nSPS) is 11.0. The van der Waals surface area contributed by atoms with Crippen LogP contribution >= 0.6 is 0 Å². The lowest BCUT2D eigenvalue weighted by molar-refractivity contribution is -0.136. The molecule has 17 heavy (non-hydrogen) atoms. The first-order valence-electron chi connectivity index (χ1n) is 5.79. The quantitative estimate of drug-likeness (QED) is 0.852. The van der Waals surface area contributed by atoms with E-state index in [-0.39, 0.29) is 6.42 Å². The number of H-pyrrole nitrogens is 1. The number of aromatic nitrogens is 1. The second-order valence-electron chi connectivity index (χ2n) is 4.63. The van der Waals surface area contributed by atoms with E-state index >= 15 is 0 Å². The largest absolute Gasteiger partial charge is 0.481 e. The number of benzene rings is 1. The number of carboxylic acid groups (broad SMARTS) is 1. The van der Waals surface area contributed by atoms with Gasteiger partial charge in [0.1, 0.15) is 0 Å². The smallest absolute Gasteiger partial charge is 0.303 e. The first kappa shape index (κ1) is 11.7. The molecule has 0 aliphatic heterocycles. The van der Waals surface area contributed by atoms with Gasteiger partial charge in [0, 0.05) is 23.0 Å². The van der Waals surface area contributed by atoms with E-state index < -0.39 is 5.97 Å². The molecule has 2 aromatic rings. The molecule has 2 N–H and O–H groups in total. The van der Waals surface area contributed by atoms with E-state index in [2.05, 4.69) is 31.0 Å². The zero-order chi connectivity index (χ0) is 12.6. The minimum Gasteiger partial charge on any atom is -0.481 e. The van der Waals surface area contributed by atoms with Crippen molar-refractivity contribution >= 4 is 16.9 Å². The second-order valence-corrected chi connectivity index (χ2v) is 4.63. The minimum absolute atomic E-state index is 0.181. The molecule has 0 unspecified atom stereocenters. The van der Waals surface area contributed by atoms with Gasteiger partial charge in [-0.25, -0.2) is 0 Å². The van der Waals surface area contributed by atoms with Crippen molar-refractivity contribution in [3.63, 3.8) is 0 Å². The van der Waals surface area contributed by atoms with Gasteiger partial charge in [0.15, 0.2) is 0 Å². The Morgan fingerprint density at radius 3 is 2.65 bits per heavy atom. The number of fused-ring (bicyclic) bond motifs is 1. The monoisotopic (exact) mass is 231 g/mol. The van der Waals surface area contributed by atoms with Crippen molar-refractivity contribution in [2.45, 2.75) is 33.6 Å². The number of rotatable bonds is 3. The van der Waals surface area contributed by atoms with Gasteiger partial charge in [-0.1, -0.05) is 11.6 Å². The van der Waals surface area contributed by atoms with Gasteiger partial charge in [0.25, 0.3) is 0 Å². The molecular weight excluding hydrogens is 214 g/mol. The summed E-state index contributed by atoms with van der Waals surface area (Å²) in [4.78, 5) is 14.0. The van der Waals surface area contributed by atoms with Crippen molar-refractivity contribution in [1.29, 1.82) is 0 Å². The summed E-state index contributed by atoms with van der Waals surface area (Å²) in [5.74, 6) is -0.747. The van der Waals surface area contributed by atoms with Crippen LogP contribution in [0.25, 0.3) is 10.9 Å². The lowest BCUT2D eigenvalue weighted by atomic mass is 10.0. The van der Waals surface area contributed by atoms with Gasteiger partial charge in [-0.2, -0.15) is 0 Å². The highest BCUT2D eigenvalue weighted by Crippen LogP contribution is 2.27. The van der Waals surface area contributed by atoms with Crippen molar-refractivity contribution in [1.82, 2.24) is 4.98 Å². The molecule has 0 atom stereocenters. The summed E-state index contributed by atoms with van der Waals surface area (Å²) in [6.07, 6.45) is 0.769. The standard InChI is InChI=1S/C14H17NO2/c1-8-6-9(2)14-12(7-8)11(10(3)15-14)4-5-13(16)17/h6-7,15H,4-5H2,1-3H3,(H,16,17). The molecule has 0 saturated carbocycles. The number of hydrogen-bond acceptors (Lipinski definition) is 1. The summed E-state index contributed by atoms with van der Waals surface area (Å²) < 4.78 is 0. The van der Waals surface area contributed by atoms with Crippen LogP contribution < -0.4 is 0 Å². The second kappa shape index (κ2) is 4.24. The van der Waals surface area contributed by atoms with Crippen molar-refractivity contribution in [2.75, 3.05) is 0 Å². The maximum Gasteiger partial charge on any atom is 0.303 e. The van der Waals surface area contributed by atoms with E-state index in [0.29, 0.717) is 6.42 Å². The summed E-state index contributed by atoms with van der Waals surface area (Å²) >= 11 is 0. The Morgan fingerprint density at radius 2 is 2.00 bits per heavy atom. The molecule has 1 heterocycles. The van der Waals surface area contributed by atoms with Gasteiger partial charge < -0.3 is 10.1 Å². The van der Waals surface area contributed by atoms with E-state index in [1.165, 1.54) is 16.5 Å². The molecule has 0 spiro atoms. The van der Waals surface area contributed by atoms with Crippen LogP contribution in [0, 0.1) is 20.8 Å². The van der Waals surface area contributed by atoms with Gasteiger partial charge in [0.05, 0.1) is 0 Å². The average Bonchev–Trinajstić information content (AvgIpc) is 2.52. The molecule has 3 nitrogen and oxygen atoms in total. The average molecular weight is 231 g/mol. The molecule has 1 aromatic carbocycles. The van der Waals surface area contributed by atoms with Crippen LogP contribution in [-0.4, -0.2) is 16.1 Å². The molecule has 1 aromatic heterocycles. The highest BCUT2D eigenvalue weighted by Gasteiger charge is 2.11. The van der Waals surface area contributed by atoms with Crippen LogP contribution in [0.15, 0.2) is 12.1 Å². The van der Waals surface area contributed by atoms with Crippen molar-refractivity contribution in [2.24, 2.45) is 0 Å². The summed E-state index contributed by atoms with van der Waals surface area (Å²) in [5, 5.41) is 9.94. The molecule has 0 bridgehead atoms. The lowest BCUT2D eigenvalue weighted by Gasteiger charge is -2.02. The number of aliphatic carboxylic acids is 1. The van der Waals surface area contributed by atoms with E-state index in [4.69, 9.17) is 5.11 Å². The van der Waals surface area contributed by atoms with E-state index in [9.17, 15) is 4.79 Å². The Bertz CT molecular complexity index is 581. The fourth-order valence-electron chi connectivity index (χ4n) is 2.39. The number of carbonyl (C=O) groups is 1. The van der Waals surface area contributed by atoms with Crippen LogP contribution in [0.4, 0.5) is 0 Å². The van der Waals surface area contributed by atoms with Crippen LogP contribution in [0.1, 0.15) is 28.8 Å². The molecule has 2 rings (SSSR count). The SMILES string of the molecule is Cc1cc(C)c2[nH]c(C)c(CCC(=O)O)c2c1. The Balaban J connectivity index is 2.54. The molecule has 0 radical (unpaired) electrons. The van der Waals surface area contributed by atoms with Crippen molar-refractivity contribution in [3.05, 3.63) is 34.5 Å². The third-order valence-electron chi connectivity index (χ3n) is 3.16. The molecule has 3 heteroatoms.